The van der Waals surface area contributed by atoms with Crippen LogP contribution in [-0.4, -0.2) is 21.3 Å². The van der Waals surface area contributed by atoms with Crippen molar-refractivity contribution in [3.8, 4) is 5.69 Å². The molecule has 2 aromatic rings. The van der Waals surface area contributed by atoms with E-state index in [1.54, 1.807) is 11.0 Å². The lowest BCUT2D eigenvalue weighted by atomic mass is 10.3. The molecule has 5 heteroatoms. The zero-order chi connectivity index (χ0) is 10.7. The molecular formula is C10H11ClN4. The van der Waals surface area contributed by atoms with Crippen LogP contribution in [0.2, 0.25) is 5.02 Å². The van der Waals surface area contributed by atoms with Crippen LogP contribution in [0, 0.1) is 0 Å². The normalized spacial score (nSPS) is 10.5. The molecule has 4 nitrogen and oxygen atoms in total. The second kappa shape index (κ2) is 4.42. The van der Waals surface area contributed by atoms with E-state index in [0.717, 1.165) is 11.5 Å². The van der Waals surface area contributed by atoms with Crippen LogP contribution >= 0.6 is 11.6 Å². The molecule has 78 valence electrons. The first kappa shape index (κ1) is 10.1. The Bertz CT molecular complexity index is 452. The van der Waals surface area contributed by atoms with Crippen LogP contribution in [0.3, 0.4) is 0 Å². The van der Waals surface area contributed by atoms with Gasteiger partial charge in [-0.3, -0.25) is 0 Å². The molecule has 1 aromatic heterocycles. The number of nitrogens with zero attached hydrogens (tertiary/aromatic N) is 3. The molecule has 0 amide bonds. The monoisotopic (exact) mass is 222 g/mol. The summed E-state index contributed by atoms with van der Waals surface area (Å²) in [4.78, 5) is 4.14. The van der Waals surface area contributed by atoms with Gasteiger partial charge in [-0.05, 0) is 24.7 Å². The van der Waals surface area contributed by atoms with Crippen molar-refractivity contribution in [3.05, 3.63) is 41.4 Å². The topological polar surface area (TPSA) is 56.7 Å². The number of rotatable bonds is 3. The Balaban J connectivity index is 2.29. The highest BCUT2D eigenvalue weighted by Crippen LogP contribution is 2.13. The van der Waals surface area contributed by atoms with Gasteiger partial charge >= 0.3 is 0 Å². The highest BCUT2D eigenvalue weighted by atomic mass is 35.5. The van der Waals surface area contributed by atoms with Crippen molar-refractivity contribution in [1.29, 1.82) is 0 Å². The van der Waals surface area contributed by atoms with Crippen molar-refractivity contribution in [3.63, 3.8) is 0 Å². The van der Waals surface area contributed by atoms with Crippen LogP contribution < -0.4 is 5.73 Å². The highest BCUT2D eigenvalue weighted by molar-refractivity contribution is 6.30. The summed E-state index contributed by atoms with van der Waals surface area (Å²) in [6.45, 7) is 0.555. The quantitative estimate of drug-likeness (QED) is 0.855. The van der Waals surface area contributed by atoms with Crippen molar-refractivity contribution in [1.82, 2.24) is 14.8 Å². The Hall–Kier alpha value is -1.39. The van der Waals surface area contributed by atoms with Gasteiger partial charge in [-0.1, -0.05) is 17.7 Å². The first-order valence-corrected chi connectivity index (χ1v) is 5.04. The van der Waals surface area contributed by atoms with Crippen molar-refractivity contribution < 1.29 is 0 Å². The van der Waals surface area contributed by atoms with Gasteiger partial charge in [-0.2, -0.15) is 5.10 Å². The molecule has 0 spiro atoms. The molecule has 15 heavy (non-hydrogen) atoms. The maximum Gasteiger partial charge on any atom is 0.152 e. The molecule has 0 saturated carbocycles. The molecular weight excluding hydrogens is 212 g/mol. The average molecular weight is 223 g/mol. The SMILES string of the molecule is NCCc1ncn(-c2cccc(Cl)c2)n1. The lowest BCUT2D eigenvalue weighted by molar-refractivity contribution is 0.816. The zero-order valence-corrected chi connectivity index (χ0v) is 8.85. The van der Waals surface area contributed by atoms with Gasteiger partial charge < -0.3 is 5.73 Å². The summed E-state index contributed by atoms with van der Waals surface area (Å²) in [5.41, 5.74) is 6.32. The van der Waals surface area contributed by atoms with Crippen molar-refractivity contribution >= 4 is 11.6 Å². The second-order valence-electron chi connectivity index (χ2n) is 3.12. The molecule has 0 fully saturated rings. The van der Waals surface area contributed by atoms with Gasteiger partial charge in [-0.25, -0.2) is 9.67 Å². The van der Waals surface area contributed by atoms with Gasteiger partial charge in [0.15, 0.2) is 5.82 Å². The average Bonchev–Trinajstić information content (AvgIpc) is 2.67. The van der Waals surface area contributed by atoms with Crippen LogP contribution in [0.5, 0.6) is 0 Å². The third-order valence-corrected chi connectivity index (χ3v) is 2.22. The largest absolute Gasteiger partial charge is 0.330 e. The van der Waals surface area contributed by atoms with E-state index in [1.165, 1.54) is 0 Å². The third kappa shape index (κ3) is 2.34. The lowest BCUT2D eigenvalue weighted by Crippen LogP contribution is -2.05. The second-order valence-corrected chi connectivity index (χ2v) is 3.56. The smallest absolute Gasteiger partial charge is 0.152 e. The minimum atomic E-state index is 0.555. The third-order valence-electron chi connectivity index (χ3n) is 1.98. The van der Waals surface area contributed by atoms with E-state index in [9.17, 15) is 0 Å². The molecule has 0 unspecified atom stereocenters. The number of hydrogen-bond acceptors (Lipinski definition) is 3. The Morgan fingerprint density at radius 1 is 1.40 bits per heavy atom. The first-order chi connectivity index (χ1) is 7.29. The number of nitrogens with two attached hydrogens (primary N) is 1. The first-order valence-electron chi connectivity index (χ1n) is 4.66. The summed E-state index contributed by atoms with van der Waals surface area (Å²) < 4.78 is 1.69. The van der Waals surface area contributed by atoms with Gasteiger partial charge in [0.2, 0.25) is 0 Å². The van der Waals surface area contributed by atoms with Crippen LogP contribution in [0.1, 0.15) is 5.82 Å². The van der Waals surface area contributed by atoms with Crippen LogP contribution in [0.4, 0.5) is 0 Å². The van der Waals surface area contributed by atoms with Crippen molar-refractivity contribution in [2.75, 3.05) is 6.54 Å². The van der Waals surface area contributed by atoms with Crippen LogP contribution in [0.25, 0.3) is 5.69 Å². The van der Waals surface area contributed by atoms with Crippen LogP contribution in [0.15, 0.2) is 30.6 Å². The summed E-state index contributed by atoms with van der Waals surface area (Å²) in [5, 5.41) is 4.96. The van der Waals surface area contributed by atoms with Crippen molar-refractivity contribution in [2.24, 2.45) is 5.73 Å². The van der Waals surface area contributed by atoms with Gasteiger partial charge in [0.05, 0.1) is 5.69 Å². The van der Waals surface area contributed by atoms with Gasteiger partial charge in [0.25, 0.3) is 0 Å². The van der Waals surface area contributed by atoms with Gasteiger partial charge in [0, 0.05) is 11.4 Å². The predicted molar refractivity (Wildman–Crippen MR) is 59.1 cm³/mol. The van der Waals surface area contributed by atoms with E-state index in [2.05, 4.69) is 10.1 Å². The van der Waals surface area contributed by atoms with Crippen LogP contribution in [-0.2, 0) is 6.42 Å². The van der Waals surface area contributed by atoms with E-state index < -0.39 is 0 Å². The fourth-order valence-corrected chi connectivity index (χ4v) is 1.47. The van der Waals surface area contributed by atoms with E-state index in [-0.39, 0.29) is 0 Å². The molecule has 1 heterocycles. The highest BCUT2D eigenvalue weighted by Gasteiger charge is 2.01. The molecule has 0 bridgehead atoms. The Morgan fingerprint density at radius 3 is 3.00 bits per heavy atom. The summed E-state index contributed by atoms with van der Waals surface area (Å²) in [5.74, 6) is 0.748. The fourth-order valence-electron chi connectivity index (χ4n) is 1.28. The van der Waals surface area contributed by atoms with E-state index in [0.29, 0.717) is 18.0 Å². The van der Waals surface area contributed by atoms with E-state index in [1.807, 2.05) is 24.3 Å². The maximum absolute atomic E-state index is 5.88. The Morgan fingerprint density at radius 2 is 2.27 bits per heavy atom. The molecule has 0 radical (unpaired) electrons. The maximum atomic E-state index is 5.88. The number of benzene rings is 1. The Kier molecular flexibility index (Phi) is 2.99. The summed E-state index contributed by atoms with van der Waals surface area (Å²) >= 11 is 5.88. The lowest BCUT2D eigenvalue weighted by Gasteiger charge is -1.99. The van der Waals surface area contributed by atoms with Crippen molar-refractivity contribution in [2.45, 2.75) is 6.42 Å². The summed E-state index contributed by atoms with van der Waals surface area (Å²) in [6, 6.07) is 7.46. The number of halogens is 1. The predicted octanol–water partition coefficient (Wildman–Crippen LogP) is 1.42. The summed E-state index contributed by atoms with van der Waals surface area (Å²) in [6.07, 6.45) is 2.35. The molecule has 0 aliphatic heterocycles. The van der Waals surface area contributed by atoms with Gasteiger partial charge in [-0.15, -0.1) is 0 Å². The standard InChI is InChI=1S/C10H11ClN4/c11-8-2-1-3-9(6-8)15-7-13-10(14-15)4-5-12/h1-3,6-7H,4-5,12H2. The number of hydrogen-bond donors (Lipinski definition) is 1. The van der Waals surface area contributed by atoms with E-state index >= 15 is 0 Å². The molecule has 0 saturated heterocycles. The number of aromatic nitrogens is 3. The fraction of sp³-hybridized carbons (Fsp3) is 0.200. The zero-order valence-electron chi connectivity index (χ0n) is 8.10. The molecule has 2 N–H and O–H groups in total. The van der Waals surface area contributed by atoms with Gasteiger partial charge in [0.1, 0.15) is 6.33 Å². The molecule has 1 aromatic carbocycles. The minimum Gasteiger partial charge on any atom is -0.330 e. The summed E-state index contributed by atoms with van der Waals surface area (Å²) in [7, 11) is 0. The molecule has 2 rings (SSSR count). The Labute approximate surface area is 92.7 Å². The molecule has 0 aliphatic rings. The molecule has 0 aliphatic carbocycles. The molecule has 0 atom stereocenters. The minimum absolute atomic E-state index is 0.555. The van der Waals surface area contributed by atoms with E-state index in [4.69, 9.17) is 17.3 Å².